The molecule has 0 spiro atoms. The Morgan fingerprint density at radius 3 is 2.62 bits per heavy atom. The predicted molar refractivity (Wildman–Crippen MR) is 89.7 cm³/mol. The third-order valence-electron chi connectivity index (χ3n) is 4.97. The number of aromatic nitrogens is 2. The molecule has 2 fully saturated rings. The first kappa shape index (κ1) is 17.2. The van der Waals surface area contributed by atoms with Gasteiger partial charge in [-0.1, -0.05) is 30.3 Å². The Bertz CT molecular complexity index is 756. The van der Waals surface area contributed by atoms with Crippen molar-refractivity contribution in [3.05, 3.63) is 54.0 Å². The predicted octanol–water partition coefficient (Wildman–Crippen LogP) is 2.76. The van der Waals surface area contributed by atoms with E-state index in [4.69, 9.17) is 4.74 Å². The van der Waals surface area contributed by atoms with Gasteiger partial charge in [0.15, 0.2) is 0 Å². The normalized spacial score (nSPS) is 24.3. The fraction of sp³-hybridized carbons (Fsp3) is 0.444. The zero-order valence-electron chi connectivity index (χ0n) is 14.1. The maximum absolute atomic E-state index is 12.9. The number of ether oxygens (including phenoxy) is 1. The molecule has 0 saturated carbocycles. The van der Waals surface area contributed by atoms with E-state index >= 15 is 0 Å². The van der Waals surface area contributed by atoms with Crippen LogP contribution in [0.25, 0.3) is 0 Å². The molecule has 4 rings (SSSR count). The molecule has 1 aromatic carbocycles. The number of morpholine rings is 1. The number of hydrogen-bond acceptors (Lipinski definition) is 5. The molecule has 2 saturated heterocycles. The number of fused-ring (bicyclic) bond motifs is 1. The molecule has 2 atom stereocenters. The van der Waals surface area contributed by atoms with Crippen molar-refractivity contribution in [3.8, 4) is 0 Å². The Balaban J connectivity index is 1.52. The van der Waals surface area contributed by atoms with Gasteiger partial charge < -0.3 is 9.64 Å². The topological polar surface area (TPSA) is 41.5 Å². The van der Waals surface area contributed by atoms with Gasteiger partial charge in [0.05, 0.1) is 25.3 Å². The molecule has 138 valence electrons. The summed E-state index contributed by atoms with van der Waals surface area (Å²) in [7, 11) is 0. The molecule has 0 N–H and O–H groups in total. The van der Waals surface area contributed by atoms with E-state index in [1.165, 1.54) is 5.56 Å². The van der Waals surface area contributed by atoms with Gasteiger partial charge in [0.25, 0.3) is 0 Å². The number of nitrogens with zero attached hydrogens (tertiary/aromatic N) is 4. The lowest BCUT2D eigenvalue weighted by Gasteiger charge is -2.48. The van der Waals surface area contributed by atoms with E-state index in [9.17, 15) is 13.2 Å². The molecule has 3 heterocycles. The van der Waals surface area contributed by atoms with Crippen molar-refractivity contribution in [1.29, 1.82) is 0 Å². The monoisotopic (exact) mass is 364 g/mol. The second-order valence-corrected chi connectivity index (χ2v) is 6.56. The number of rotatable bonds is 2. The molecule has 0 aliphatic carbocycles. The standard InChI is InChI=1S/C18H19F3N4O/c19-18(20,21)16-8-17(23-12-22-16)24-6-7-25-14(9-24)10-26-11-15(25)13-4-2-1-3-5-13/h1-5,8,12,14-15H,6-7,9-11H2/t14-,15-/m1/s1. The minimum atomic E-state index is -4.47. The zero-order chi connectivity index (χ0) is 18.1. The summed E-state index contributed by atoms with van der Waals surface area (Å²) in [5.74, 6) is 0.314. The van der Waals surface area contributed by atoms with E-state index < -0.39 is 11.9 Å². The fourth-order valence-corrected chi connectivity index (χ4v) is 3.69. The molecule has 0 amide bonds. The molecule has 2 aromatic rings. The average Bonchev–Trinajstić information content (AvgIpc) is 2.67. The quantitative estimate of drug-likeness (QED) is 0.820. The van der Waals surface area contributed by atoms with Gasteiger partial charge in [-0.2, -0.15) is 13.2 Å². The van der Waals surface area contributed by atoms with Crippen LogP contribution in [-0.2, 0) is 10.9 Å². The van der Waals surface area contributed by atoms with Crippen molar-refractivity contribution < 1.29 is 17.9 Å². The number of halogens is 3. The number of piperazine rings is 1. The van der Waals surface area contributed by atoms with Crippen molar-refractivity contribution in [2.45, 2.75) is 18.3 Å². The average molecular weight is 364 g/mol. The van der Waals surface area contributed by atoms with Gasteiger partial charge in [0.2, 0.25) is 0 Å². The first-order valence-corrected chi connectivity index (χ1v) is 8.55. The Morgan fingerprint density at radius 1 is 1.04 bits per heavy atom. The molecular formula is C18H19F3N4O. The van der Waals surface area contributed by atoms with E-state index in [0.29, 0.717) is 32.1 Å². The highest BCUT2D eigenvalue weighted by Crippen LogP contribution is 2.32. The third kappa shape index (κ3) is 3.39. The van der Waals surface area contributed by atoms with Crippen LogP contribution >= 0.6 is 0 Å². The van der Waals surface area contributed by atoms with Crippen molar-refractivity contribution in [1.82, 2.24) is 14.9 Å². The lowest BCUT2D eigenvalue weighted by molar-refractivity contribution is -0.141. The van der Waals surface area contributed by atoms with Gasteiger partial charge in [0.1, 0.15) is 17.8 Å². The van der Waals surface area contributed by atoms with E-state index in [0.717, 1.165) is 18.9 Å². The van der Waals surface area contributed by atoms with Crippen LogP contribution in [-0.4, -0.2) is 53.8 Å². The van der Waals surface area contributed by atoms with E-state index in [-0.39, 0.29) is 12.1 Å². The van der Waals surface area contributed by atoms with Crippen LogP contribution in [0.3, 0.4) is 0 Å². The summed E-state index contributed by atoms with van der Waals surface area (Å²) in [6.07, 6.45) is -3.49. The van der Waals surface area contributed by atoms with Crippen LogP contribution in [0, 0.1) is 0 Å². The summed E-state index contributed by atoms with van der Waals surface area (Å²) < 4.78 is 44.5. The number of hydrogen-bond donors (Lipinski definition) is 0. The number of benzene rings is 1. The minimum Gasteiger partial charge on any atom is -0.378 e. The first-order chi connectivity index (χ1) is 12.5. The fourth-order valence-electron chi connectivity index (χ4n) is 3.69. The molecule has 0 bridgehead atoms. The molecule has 1 aromatic heterocycles. The molecule has 2 aliphatic heterocycles. The first-order valence-electron chi connectivity index (χ1n) is 8.55. The van der Waals surface area contributed by atoms with Gasteiger partial charge in [0, 0.05) is 25.7 Å². The van der Waals surface area contributed by atoms with Crippen LogP contribution in [0.2, 0.25) is 0 Å². The van der Waals surface area contributed by atoms with Crippen LogP contribution < -0.4 is 4.90 Å². The van der Waals surface area contributed by atoms with Crippen LogP contribution in [0.1, 0.15) is 17.3 Å². The maximum atomic E-state index is 12.9. The molecule has 2 aliphatic rings. The number of anilines is 1. The van der Waals surface area contributed by atoms with Gasteiger partial charge in [-0.15, -0.1) is 0 Å². The van der Waals surface area contributed by atoms with E-state index in [1.807, 2.05) is 23.1 Å². The highest BCUT2D eigenvalue weighted by atomic mass is 19.4. The largest absolute Gasteiger partial charge is 0.433 e. The molecule has 5 nitrogen and oxygen atoms in total. The number of alkyl halides is 3. The van der Waals surface area contributed by atoms with Gasteiger partial charge in [-0.25, -0.2) is 9.97 Å². The molecule has 26 heavy (non-hydrogen) atoms. The van der Waals surface area contributed by atoms with E-state index in [2.05, 4.69) is 27.0 Å². The Hall–Kier alpha value is -2.19. The van der Waals surface area contributed by atoms with Gasteiger partial charge >= 0.3 is 6.18 Å². The lowest BCUT2D eigenvalue weighted by Crippen LogP contribution is -2.59. The van der Waals surface area contributed by atoms with Crippen LogP contribution in [0.5, 0.6) is 0 Å². The summed E-state index contributed by atoms with van der Waals surface area (Å²) >= 11 is 0. The van der Waals surface area contributed by atoms with Crippen molar-refractivity contribution in [2.24, 2.45) is 0 Å². The Kier molecular flexibility index (Phi) is 4.54. The smallest absolute Gasteiger partial charge is 0.378 e. The van der Waals surface area contributed by atoms with Gasteiger partial charge in [-0.3, -0.25) is 4.90 Å². The van der Waals surface area contributed by atoms with Crippen molar-refractivity contribution in [2.75, 3.05) is 37.7 Å². The third-order valence-corrected chi connectivity index (χ3v) is 4.97. The summed E-state index contributed by atoms with van der Waals surface area (Å²) in [6.45, 7) is 3.15. The highest BCUT2D eigenvalue weighted by Gasteiger charge is 2.38. The lowest BCUT2D eigenvalue weighted by atomic mass is 10.00. The summed E-state index contributed by atoms with van der Waals surface area (Å²) in [6, 6.07) is 11.5. The molecule has 0 radical (unpaired) electrons. The minimum absolute atomic E-state index is 0.118. The van der Waals surface area contributed by atoms with Crippen LogP contribution in [0.4, 0.5) is 19.0 Å². The van der Waals surface area contributed by atoms with Crippen molar-refractivity contribution in [3.63, 3.8) is 0 Å². The molecule has 8 heteroatoms. The summed E-state index contributed by atoms with van der Waals surface area (Å²) in [4.78, 5) is 11.7. The Labute approximate surface area is 149 Å². The van der Waals surface area contributed by atoms with Crippen molar-refractivity contribution >= 4 is 5.82 Å². The molecular weight excluding hydrogens is 345 g/mol. The maximum Gasteiger partial charge on any atom is 0.433 e. The highest BCUT2D eigenvalue weighted by molar-refractivity contribution is 5.41. The van der Waals surface area contributed by atoms with Gasteiger partial charge in [-0.05, 0) is 5.56 Å². The van der Waals surface area contributed by atoms with Crippen LogP contribution in [0.15, 0.2) is 42.7 Å². The molecule has 0 unspecified atom stereocenters. The van der Waals surface area contributed by atoms with E-state index in [1.54, 1.807) is 0 Å². The zero-order valence-corrected chi connectivity index (χ0v) is 14.1. The second-order valence-electron chi connectivity index (χ2n) is 6.56. The summed E-state index contributed by atoms with van der Waals surface area (Å²) in [5, 5.41) is 0. The Morgan fingerprint density at radius 2 is 1.85 bits per heavy atom. The SMILES string of the molecule is FC(F)(F)c1cc(N2CCN3[C@@H](COC[C@@H]3c3ccccc3)C2)ncn1. The second kappa shape index (κ2) is 6.85. The summed E-state index contributed by atoms with van der Waals surface area (Å²) in [5.41, 5.74) is 0.291.